The van der Waals surface area contributed by atoms with Gasteiger partial charge in [0.05, 0.1) is 11.6 Å². The maximum atomic E-state index is 8.63. The van der Waals surface area contributed by atoms with E-state index in [1.807, 2.05) is 18.2 Å². The number of nitriles is 1. The molecule has 0 heterocycles. The van der Waals surface area contributed by atoms with Gasteiger partial charge in [0.25, 0.3) is 0 Å². The quantitative estimate of drug-likeness (QED) is 0.551. The third-order valence-corrected chi connectivity index (χ3v) is 1.35. The molecule has 0 N–H and O–H groups in total. The molecule has 2 nitrogen and oxygen atoms in total. The van der Waals surface area contributed by atoms with E-state index in [2.05, 4.69) is 11.1 Å². The van der Waals surface area contributed by atoms with Gasteiger partial charge in [-0.3, -0.25) is 4.99 Å². The molecule has 0 unspecified atom stereocenters. The van der Waals surface area contributed by atoms with E-state index in [1.165, 1.54) is 0 Å². The summed E-state index contributed by atoms with van der Waals surface area (Å²) in [6.07, 6.45) is 1.68. The second kappa shape index (κ2) is 3.52. The fourth-order valence-corrected chi connectivity index (χ4v) is 0.850. The van der Waals surface area contributed by atoms with E-state index in [4.69, 9.17) is 5.26 Å². The lowest BCUT2D eigenvalue weighted by Crippen LogP contribution is -1.85. The van der Waals surface area contributed by atoms with Gasteiger partial charge in [0.2, 0.25) is 0 Å². The Hall–Kier alpha value is -1.62. The molecule has 0 radical (unpaired) electrons. The zero-order valence-corrected chi connectivity index (χ0v) is 6.28. The largest absolute Gasteiger partial charge is 0.296 e. The van der Waals surface area contributed by atoms with Crippen LogP contribution in [0.25, 0.3) is 0 Å². The van der Waals surface area contributed by atoms with Crippen molar-refractivity contribution < 1.29 is 0 Å². The van der Waals surface area contributed by atoms with Crippen LogP contribution in [0.1, 0.15) is 11.1 Å². The molecule has 11 heavy (non-hydrogen) atoms. The molecular formula is C9H8N2. The zero-order chi connectivity index (χ0) is 8.10. The Labute approximate surface area is 65.8 Å². The zero-order valence-electron chi connectivity index (χ0n) is 6.28. The Morgan fingerprint density at radius 3 is 2.82 bits per heavy atom. The minimum atomic E-state index is 0.665. The lowest BCUT2D eigenvalue weighted by molar-refractivity contribution is 1.44. The summed E-state index contributed by atoms with van der Waals surface area (Å²) in [6.45, 7) is 0. The molecule has 0 atom stereocenters. The van der Waals surface area contributed by atoms with Crippen LogP contribution in [0.4, 0.5) is 0 Å². The molecule has 0 aliphatic heterocycles. The number of hydrogen-bond donors (Lipinski definition) is 0. The van der Waals surface area contributed by atoms with Crippen LogP contribution in [0.15, 0.2) is 29.3 Å². The minimum absolute atomic E-state index is 0.665. The molecule has 54 valence electrons. The molecule has 0 aromatic heterocycles. The first-order chi connectivity index (χ1) is 5.38. The van der Waals surface area contributed by atoms with Crippen molar-refractivity contribution in [3.05, 3.63) is 35.4 Å². The molecule has 0 fully saturated rings. The Morgan fingerprint density at radius 2 is 2.18 bits per heavy atom. The summed E-state index contributed by atoms with van der Waals surface area (Å²) >= 11 is 0. The van der Waals surface area contributed by atoms with Gasteiger partial charge in [-0.05, 0) is 6.07 Å². The average Bonchev–Trinajstić information content (AvgIpc) is 2.06. The minimum Gasteiger partial charge on any atom is -0.296 e. The highest BCUT2D eigenvalue weighted by atomic mass is 14.6. The average molecular weight is 144 g/mol. The van der Waals surface area contributed by atoms with Gasteiger partial charge in [0.1, 0.15) is 0 Å². The maximum Gasteiger partial charge on any atom is 0.0998 e. The summed E-state index contributed by atoms with van der Waals surface area (Å²) in [4.78, 5) is 3.84. The van der Waals surface area contributed by atoms with Crippen LogP contribution in [0.3, 0.4) is 0 Å². The number of rotatable bonds is 1. The van der Waals surface area contributed by atoms with Gasteiger partial charge < -0.3 is 0 Å². The monoisotopic (exact) mass is 144 g/mol. The van der Waals surface area contributed by atoms with Crippen molar-refractivity contribution in [2.75, 3.05) is 7.05 Å². The van der Waals surface area contributed by atoms with Crippen LogP contribution < -0.4 is 0 Å². The van der Waals surface area contributed by atoms with Gasteiger partial charge in [-0.15, -0.1) is 0 Å². The molecule has 2 heteroatoms. The molecule has 0 spiro atoms. The van der Waals surface area contributed by atoms with Crippen LogP contribution >= 0.6 is 0 Å². The normalized spacial score (nSPS) is 9.82. The second-order valence-electron chi connectivity index (χ2n) is 2.09. The maximum absolute atomic E-state index is 8.63. The smallest absolute Gasteiger partial charge is 0.0998 e. The van der Waals surface area contributed by atoms with Crippen molar-refractivity contribution in [1.82, 2.24) is 0 Å². The predicted molar refractivity (Wildman–Crippen MR) is 44.7 cm³/mol. The number of hydrogen-bond acceptors (Lipinski definition) is 2. The fraction of sp³-hybridized carbons (Fsp3) is 0.111. The van der Waals surface area contributed by atoms with E-state index in [9.17, 15) is 0 Å². The van der Waals surface area contributed by atoms with Crippen LogP contribution in [0.5, 0.6) is 0 Å². The summed E-state index contributed by atoms with van der Waals surface area (Å²) in [6, 6.07) is 9.46. The third kappa shape index (κ3) is 1.65. The van der Waals surface area contributed by atoms with E-state index >= 15 is 0 Å². The fourth-order valence-electron chi connectivity index (χ4n) is 0.850. The molecule has 0 saturated carbocycles. The van der Waals surface area contributed by atoms with E-state index in [1.54, 1.807) is 19.3 Å². The van der Waals surface area contributed by atoms with Crippen molar-refractivity contribution in [1.29, 1.82) is 5.26 Å². The molecule has 1 aromatic carbocycles. The highest BCUT2D eigenvalue weighted by Crippen LogP contribution is 2.03. The summed E-state index contributed by atoms with van der Waals surface area (Å²) in [5, 5.41) is 8.63. The van der Waals surface area contributed by atoms with E-state index in [-0.39, 0.29) is 0 Å². The topological polar surface area (TPSA) is 36.1 Å². The highest BCUT2D eigenvalue weighted by Gasteiger charge is 1.94. The molecule has 0 bridgehead atoms. The summed E-state index contributed by atoms with van der Waals surface area (Å²) < 4.78 is 0. The highest BCUT2D eigenvalue weighted by molar-refractivity contribution is 5.82. The van der Waals surface area contributed by atoms with Crippen molar-refractivity contribution in [3.63, 3.8) is 0 Å². The van der Waals surface area contributed by atoms with Crippen molar-refractivity contribution in [2.24, 2.45) is 4.99 Å². The summed E-state index contributed by atoms with van der Waals surface area (Å²) in [5.74, 6) is 0. The Morgan fingerprint density at radius 1 is 1.45 bits per heavy atom. The van der Waals surface area contributed by atoms with E-state index in [0.717, 1.165) is 5.56 Å². The van der Waals surface area contributed by atoms with Crippen LogP contribution in [0, 0.1) is 11.3 Å². The molecule has 0 saturated heterocycles. The van der Waals surface area contributed by atoms with Crippen LogP contribution in [-0.4, -0.2) is 13.3 Å². The standard InChI is InChI=1S/C9H8N2/c1-11-7-9-5-3-2-4-8(9)6-10/h2-5,7H,1H3/b11-7+. The second-order valence-corrected chi connectivity index (χ2v) is 2.09. The Balaban J connectivity index is 3.15. The molecule has 1 rings (SSSR count). The lowest BCUT2D eigenvalue weighted by atomic mass is 10.1. The van der Waals surface area contributed by atoms with Gasteiger partial charge in [-0.1, -0.05) is 18.2 Å². The first-order valence-corrected chi connectivity index (χ1v) is 3.30. The van der Waals surface area contributed by atoms with E-state index in [0.29, 0.717) is 5.56 Å². The Bertz CT molecular complexity index is 308. The molecule has 0 aliphatic carbocycles. The number of nitrogens with zero attached hydrogens (tertiary/aromatic N) is 2. The Kier molecular flexibility index (Phi) is 2.40. The number of aliphatic imine (C=N–C) groups is 1. The van der Waals surface area contributed by atoms with Gasteiger partial charge in [0, 0.05) is 18.8 Å². The molecule has 1 aromatic rings. The van der Waals surface area contributed by atoms with Crippen molar-refractivity contribution in [2.45, 2.75) is 0 Å². The predicted octanol–water partition coefficient (Wildman–Crippen LogP) is 1.61. The van der Waals surface area contributed by atoms with Crippen molar-refractivity contribution in [3.8, 4) is 6.07 Å². The van der Waals surface area contributed by atoms with Gasteiger partial charge in [0.15, 0.2) is 0 Å². The van der Waals surface area contributed by atoms with Gasteiger partial charge in [-0.2, -0.15) is 5.26 Å². The third-order valence-electron chi connectivity index (χ3n) is 1.35. The van der Waals surface area contributed by atoms with Gasteiger partial charge >= 0.3 is 0 Å². The summed E-state index contributed by atoms with van der Waals surface area (Å²) in [5.41, 5.74) is 1.54. The van der Waals surface area contributed by atoms with E-state index < -0.39 is 0 Å². The van der Waals surface area contributed by atoms with Crippen LogP contribution in [-0.2, 0) is 0 Å². The lowest BCUT2D eigenvalue weighted by Gasteiger charge is -1.92. The molecular weight excluding hydrogens is 136 g/mol. The first-order valence-electron chi connectivity index (χ1n) is 3.30. The van der Waals surface area contributed by atoms with Gasteiger partial charge in [-0.25, -0.2) is 0 Å². The SMILES string of the molecule is C/N=C/c1ccccc1C#N. The molecule has 0 amide bonds. The van der Waals surface area contributed by atoms with Crippen molar-refractivity contribution >= 4 is 6.21 Å². The van der Waals surface area contributed by atoms with Crippen LogP contribution in [0.2, 0.25) is 0 Å². The molecule has 0 aliphatic rings. The summed E-state index contributed by atoms with van der Waals surface area (Å²) in [7, 11) is 1.69. The first kappa shape index (κ1) is 7.49. The number of benzene rings is 1.